The number of amides is 1. The van der Waals surface area contributed by atoms with E-state index in [0.29, 0.717) is 18.1 Å². The zero-order chi connectivity index (χ0) is 18.2. The third-order valence-corrected chi connectivity index (χ3v) is 4.03. The molecular weight excluding hydrogens is 348 g/mol. The van der Waals surface area contributed by atoms with E-state index in [1.807, 2.05) is 19.9 Å². The zero-order valence-electron chi connectivity index (χ0n) is 14.0. The van der Waals surface area contributed by atoms with Crippen molar-refractivity contribution in [2.75, 3.05) is 12.3 Å². The fourth-order valence-corrected chi connectivity index (χ4v) is 2.90. The molecule has 1 aromatic heterocycles. The number of rotatable bonds is 8. The van der Waals surface area contributed by atoms with E-state index in [1.165, 1.54) is 23.9 Å². The minimum atomic E-state index is -2.83. The number of aromatic nitrogens is 2. The fraction of sp³-hybridized carbons (Fsp3) is 0.353. The number of ether oxygens (including phenoxy) is 1. The highest BCUT2D eigenvalue weighted by atomic mass is 32.2. The van der Waals surface area contributed by atoms with Crippen LogP contribution in [-0.2, 0) is 11.2 Å². The Balaban J connectivity index is 1.71. The quantitative estimate of drug-likeness (QED) is 0.574. The van der Waals surface area contributed by atoms with E-state index in [4.69, 9.17) is 0 Å². The van der Waals surface area contributed by atoms with Crippen molar-refractivity contribution >= 4 is 17.7 Å². The summed E-state index contributed by atoms with van der Waals surface area (Å²) in [5.41, 5.74) is 2.66. The summed E-state index contributed by atoms with van der Waals surface area (Å²) in [6, 6.07) is 8.23. The summed E-state index contributed by atoms with van der Waals surface area (Å²) in [6.45, 7) is 1.40. The molecule has 1 aromatic carbocycles. The topological polar surface area (TPSA) is 64.1 Å². The molecule has 1 amide bonds. The van der Waals surface area contributed by atoms with Crippen LogP contribution >= 0.6 is 11.8 Å². The predicted molar refractivity (Wildman–Crippen MR) is 92.0 cm³/mol. The van der Waals surface area contributed by atoms with Crippen LogP contribution < -0.4 is 10.1 Å². The highest BCUT2D eigenvalue weighted by Gasteiger charge is 2.07. The van der Waals surface area contributed by atoms with E-state index in [-0.39, 0.29) is 17.4 Å². The summed E-state index contributed by atoms with van der Waals surface area (Å²) in [5, 5.41) is 3.40. The first-order valence-electron chi connectivity index (χ1n) is 7.68. The molecule has 1 N–H and O–H groups in total. The number of benzene rings is 1. The molecule has 2 rings (SSSR count). The molecule has 0 saturated carbocycles. The Hall–Kier alpha value is -2.22. The molecule has 0 unspecified atom stereocenters. The number of carbonyl (C=O) groups excluding carboxylic acids is 1. The minimum absolute atomic E-state index is 0.106. The van der Waals surface area contributed by atoms with Crippen LogP contribution in [0.25, 0.3) is 0 Å². The summed E-state index contributed by atoms with van der Waals surface area (Å²) >= 11 is 1.29. The van der Waals surface area contributed by atoms with Gasteiger partial charge in [-0.3, -0.25) is 4.79 Å². The molecule has 2 aromatic rings. The highest BCUT2D eigenvalue weighted by molar-refractivity contribution is 7.99. The number of nitrogens with zero attached hydrogens (tertiary/aromatic N) is 2. The number of thioether (sulfide) groups is 1. The van der Waals surface area contributed by atoms with E-state index >= 15 is 0 Å². The molecule has 0 atom stereocenters. The number of alkyl halides is 2. The van der Waals surface area contributed by atoms with Crippen molar-refractivity contribution in [2.24, 2.45) is 0 Å². The second-order valence-corrected chi connectivity index (χ2v) is 6.29. The van der Waals surface area contributed by atoms with Gasteiger partial charge in [-0.1, -0.05) is 23.9 Å². The van der Waals surface area contributed by atoms with Gasteiger partial charge < -0.3 is 10.1 Å². The molecule has 0 bridgehead atoms. The van der Waals surface area contributed by atoms with Gasteiger partial charge in [-0.05, 0) is 44.0 Å². The van der Waals surface area contributed by atoms with Gasteiger partial charge in [0.05, 0.1) is 5.75 Å². The van der Waals surface area contributed by atoms with Gasteiger partial charge in [0.1, 0.15) is 5.75 Å². The summed E-state index contributed by atoms with van der Waals surface area (Å²) in [5.74, 6) is 0.252. The van der Waals surface area contributed by atoms with Crippen molar-refractivity contribution in [2.45, 2.75) is 32.0 Å². The molecule has 1 heterocycles. The first kappa shape index (κ1) is 19.1. The fourth-order valence-electron chi connectivity index (χ4n) is 2.12. The molecule has 8 heteroatoms. The monoisotopic (exact) mass is 367 g/mol. The van der Waals surface area contributed by atoms with Crippen molar-refractivity contribution in [3.63, 3.8) is 0 Å². The molecular formula is C17H19F2N3O2S. The largest absolute Gasteiger partial charge is 0.435 e. The predicted octanol–water partition coefficient (Wildman–Crippen LogP) is 3.15. The van der Waals surface area contributed by atoms with Gasteiger partial charge in [0.25, 0.3) is 0 Å². The number of halogens is 2. The van der Waals surface area contributed by atoms with Crippen molar-refractivity contribution in [3.8, 4) is 5.75 Å². The summed E-state index contributed by atoms with van der Waals surface area (Å²) in [6.07, 6.45) is 0.603. The number of hydrogen-bond acceptors (Lipinski definition) is 5. The third kappa shape index (κ3) is 7.04. The Morgan fingerprint density at radius 1 is 1.20 bits per heavy atom. The highest BCUT2D eigenvalue weighted by Crippen LogP contribution is 2.15. The average molecular weight is 367 g/mol. The normalized spacial score (nSPS) is 10.8. The standard InChI is InChI=1S/C17H19F2N3O2S/c1-11-9-12(2)22-17(21-11)25-10-15(23)20-8-7-13-3-5-14(6-4-13)24-16(18)19/h3-6,9,16H,7-8,10H2,1-2H3,(H,20,23). The zero-order valence-corrected chi connectivity index (χ0v) is 14.8. The van der Waals surface area contributed by atoms with E-state index in [2.05, 4.69) is 20.0 Å². The number of hydrogen-bond donors (Lipinski definition) is 1. The second kappa shape index (κ2) is 9.31. The van der Waals surface area contributed by atoms with E-state index < -0.39 is 6.61 Å². The smallest absolute Gasteiger partial charge is 0.387 e. The van der Waals surface area contributed by atoms with Crippen molar-refractivity contribution in [1.29, 1.82) is 0 Å². The van der Waals surface area contributed by atoms with Gasteiger partial charge >= 0.3 is 6.61 Å². The number of nitrogens with one attached hydrogen (secondary N) is 1. The molecule has 0 fully saturated rings. The molecule has 0 aliphatic heterocycles. The molecule has 0 saturated heterocycles. The number of aryl methyl sites for hydroxylation is 2. The molecule has 0 aliphatic carbocycles. The van der Waals surface area contributed by atoms with Crippen LogP contribution in [0, 0.1) is 13.8 Å². The molecule has 0 spiro atoms. The van der Waals surface area contributed by atoms with E-state index in [9.17, 15) is 13.6 Å². The Bertz CT molecular complexity index is 691. The molecule has 25 heavy (non-hydrogen) atoms. The van der Waals surface area contributed by atoms with E-state index in [0.717, 1.165) is 17.0 Å². The lowest BCUT2D eigenvalue weighted by atomic mass is 10.1. The maximum absolute atomic E-state index is 12.1. The Morgan fingerprint density at radius 3 is 2.44 bits per heavy atom. The summed E-state index contributed by atoms with van der Waals surface area (Å²) in [7, 11) is 0. The number of carbonyl (C=O) groups is 1. The molecule has 0 radical (unpaired) electrons. The molecule has 5 nitrogen and oxygen atoms in total. The first-order valence-corrected chi connectivity index (χ1v) is 8.66. The summed E-state index contributed by atoms with van der Waals surface area (Å²) in [4.78, 5) is 20.4. The lowest BCUT2D eigenvalue weighted by Crippen LogP contribution is -2.27. The molecule has 134 valence electrons. The van der Waals surface area contributed by atoms with Gasteiger partial charge in [-0.2, -0.15) is 8.78 Å². The van der Waals surface area contributed by atoms with Crippen molar-refractivity contribution in [1.82, 2.24) is 15.3 Å². The van der Waals surface area contributed by atoms with Crippen LogP contribution in [0.3, 0.4) is 0 Å². The lowest BCUT2D eigenvalue weighted by Gasteiger charge is -2.07. The lowest BCUT2D eigenvalue weighted by molar-refractivity contribution is -0.118. The van der Waals surface area contributed by atoms with Gasteiger partial charge in [0, 0.05) is 17.9 Å². The van der Waals surface area contributed by atoms with Crippen LogP contribution in [0.1, 0.15) is 17.0 Å². The summed E-state index contributed by atoms with van der Waals surface area (Å²) < 4.78 is 28.4. The maximum Gasteiger partial charge on any atom is 0.387 e. The molecule has 0 aliphatic rings. The van der Waals surface area contributed by atoms with Crippen LogP contribution in [0.2, 0.25) is 0 Å². The minimum Gasteiger partial charge on any atom is -0.435 e. The van der Waals surface area contributed by atoms with Gasteiger partial charge in [0.2, 0.25) is 5.91 Å². The Labute approximate surface area is 149 Å². The third-order valence-electron chi connectivity index (χ3n) is 3.18. The van der Waals surface area contributed by atoms with Crippen molar-refractivity contribution < 1.29 is 18.3 Å². The van der Waals surface area contributed by atoms with Crippen molar-refractivity contribution in [3.05, 3.63) is 47.3 Å². The van der Waals surface area contributed by atoms with Gasteiger partial charge in [-0.25, -0.2) is 9.97 Å². The Morgan fingerprint density at radius 2 is 1.84 bits per heavy atom. The van der Waals surface area contributed by atoms with Crippen LogP contribution in [0.5, 0.6) is 5.75 Å². The second-order valence-electron chi connectivity index (χ2n) is 5.34. The van der Waals surface area contributed by atoms with Crippen LogP contribution in [-0.4, -0.2) is 34.8 Å². The van der Waals surface area contributed by atoms with Gasteiger partial charge in [-0.15, -0.1) is 0 Å². The van der Waals surface area contributed by atoms with Gasteiger partial charge in [0.15, 0.2) is 5.16 Å². The maximum atomic E-state index is 12.1. The van der Waals surface area contributed by atoms with Crippen LogP contribution in [0.15, 0.2) is 35.5 Å². The van der Waals surface area contributed by atoms with E-state index in [1.54, 1.807) is 12.1 Å². The SMILES string of the molecule is Cc1cc(C)nc(SCC(=O)NCCc2ccc(OC(F)F)cc2)n1. The first-order chi connectivity index (χ1) is 11.9. The average Bonchev–Trinajstić information content (AvgIpc) is 2.53. The Kier molecular flexibility index (Phi) is 7.12. The van der Waals surface area contributed by atoms with Crippen LogP contribution in [0.4, 0.5) is 8.78 Å².